The number of anilines is 1. The average molecular weight is 514 g/mol. The number of carbonyl (C=O) groups excluding carboxylic acids is 2. The van der Waals surface area contributed by atoms with Gasteiger partial charge in [0.2, 0.25) is 0 Å². The third-order valence-electron chi connectivity index (χ3n) is 5.74. The number of aryl methyl sites for hydroxylation is 1. The zero-order valence-corrected chi connectivity index (χ0v) is 20.5. The number of aromatic hydroxyl groups is 1. The standard InChI is InChI=1S/C26H21Cl2NO6/c1-13-7-9-15(10-8-13)29-21(14-5-4-6-16(30)11-14)19(23(32)26(29)33)22(31)17-12-18(27)25(35-3)20(28)24(17)34-2/h4-12,21,30-31H,1-3H3/b22-19+. The summed E-state index contributed by atoms with van der Waals surface area (Å²) in [5.74, 6) is -2.21. The molecule has 1 fully saturated rings. The number of halogens is 2. The van der Waals surface area contributed by atoms with Gasteiger partial charge < -0.3 is 19.7 Å². The van der Waals surface area contributed by atoms with Gasteiger partial charge in [0.05, 0.1) is 36.4 Å². The molecule has 2 N–H and O–H groups in total. The summed E-state index contributed by atoms with van der Waals surface area (Å²) in [6, 6.07) is 13.5. The van der Waals surface area contributed by atoms with Crippen LogP contribution < -0.4 is 14.4 Å². The number of carbonyl (C=O) groups is 2. The Morgan fingerprint density at radius 3 is 2.23 bits per heavy atom. The van der Waals surface area contributed by atoms with Crippen LogP contribution in [0.25, 0.3) is 5.76 Å². The molecular weight excluding hydrogens is 493 g/mol. The molecule has 7 nitrogen and oxygen atoms in total. The third kappa shape index (κ3) is 4.17. The van der Waals surface area contributed by atoms with E-state index in [2.05, 4.69) is 0 Å². The molecule has 1 amide bonds. The summed E-state index contributed by atoms with van der Waals surface area (Å²) in [4.78, 5) is 27.9. The third-order valence-corrected chi connectivity index (χ3v) is 6.36. The smallest absolute Gasteiger partial charge is 0.300 e. The van der Waals surface area contributed by atoms with Crippen LogP contribution in [0.1, 0.15) is 22.7 Å². The number of phenols is 1. The molecular formula is C26H21Cl2NO6. The molecule has 1 aliphatic rings. The van der Waals surface area contributed by atoms with Gasteiger partial charge in [-0.1, -0.05) is 53.0 Å². The molecule has 1 aliphatic heterocycles. The Balaban J connectivity index is 2.02. The fourth-order valence-corrected chi connectivity index (χ4v) is 4.79. The molecule has 0 radical (unpaired) electrons. The highest BCUT2D eigenvalue weighted by atomic mass is 35.5. The Morgan fingerprint density at radius 2 is 1.63 bits per heavy atom. The summed E-state index contributed by atoms with van der Waals surface area (Å²) in [6.45, 7) is 1.90. The summed E-state index contributed by atoms with van der Waals surface area (Å²) < 4.78 is 10.6. The van der Waals surface area contributed by atoms with E-state index in [-0.39, 0.29) is 38.4 Å². The molecule has 3 aromatic carbocycles. The maximum Gasteiger partial charge on any atom is 0.300 e. The van der Waals surface area contributed by atoms with E-state index in [0.717, 1.165) is 5.56 Å². The van der Waals surface area contributed by atoms with Gasteiger partial charge in [-0.2, -0.15) is 0 Å². The fourth-order valence-electron chi connectivity index (χ4n) is 4.11. The molecule has 0 aromatic heterocycles. The van der Waals surface area contributed by atoms with Gasteiger partial charge in [-0.15, -0.1) is 0 Å². The molecule has 0 aliphatic carbocycles. The number of nitrogens with zero attached hydrogens (tertiary/aromatic N) is 1. The van der Waals surface area contributed by atoms with E-state index in [1.54, 1.807) is 36.4 Å². The van der Waals surface area contributed by atoms with Crippen molar-refractivity contribution < 1.29 is 29.3 Å². The maximum absolute atomic E-state index is 13.3. The van der Waals surface area contributed by atoms with Crippen molar-refractivity contribution in [3.8, 4) is 17.2 Å². The molecule has 0 bridgehead atoms. The van der Waals surface area contributed by atoms with Gasteiger partial charge in [0, 0.05) is 5.69 Å². The molecule has 1 unspecified atom stereocenters. The molecule has 0 saturated carbocycles. The number of ketones is 1. The average Bonchev–Trinajstić information content (AvgIpc) is 3.09. The van der Waals surface area contributed by atoms with Crippen molar-refractivity contribution in [3.05, 3.63) is 86.9 Å². The van der Waals surface area contributed by atoms with Gasteiger partial charge in [0.1, 0.15) is 16.5 Å². The summed E-state index contributed by atoms with van der Waals surface area (Å²) in [5.41, 5.74) is 1.62. The first-order valence-corrected chi connectivity index (χ1v) is 11.2. The van der Waals surface area contributed by atoms with Gasteiger partial charge in [0.25, 0.3) is 11.7 Å². The molecule has 1 heterocycles. The van der Waals surface area contributed by atoms with E-state index in [1.807, 2.05) is 6.92 Å². The van der Waals surface area contributed by atoms with Gasteiger partial charge >= 0.3 is 0 Å². The minimum Gasteiger partial charge on any atom is -0.508 e. The Bertz CT molecular complexity index is 1370. The van der Waals surface area contributed by atoms with Crippen LogP contribution in [-0.2, 0) is 9.59 Å². The molecule has 4 rings (SSSR count). The number of hydrogen-bond acceptors (Lipinski definition) is 6. The van der Waals surface area contributed by atoms with Crippen LogP contribution >= 0.6 is 23.2 Å². The van der Waals surface area contributed by atoms with Crippen LogP contribution in [-0.4, -0.2) is 36.1 Å². The Morgan fingerprint density at radius 1 is 0.971 bits per heavy atom. The van der Waals surface area contributed by atoms with Crippen molar-refractivity contribution in [2.24, 2.45) is 0 Å². The van der Waals surface area contributed by atoms with Gasteiger partial charge in [0.15, 0.2) is 11.5 Å². The van der Waals surface area contributed by atoms with E-state index in [0.29, 0.717) is 11.3 Å². The molecule has 9 heteroatoms. The second kappa shape index (κ2) is 9.52. The van der Waals surface area contributed by atoms with Crippen molar-refractivity contribution in [2.75, 3.05) is 19.1 Å². The van der Waals surface area contributed by atoms with E-state index >= 15 is 0 Å². The first kappa shape index (κ1) is 24.4. The number of ether oxygens (including phenoxy) is 2. The quantitative estimate of drug-likeness (QED) is 0.260. The van der Waals surface area contributed by atoms with Crippen LogP contribution in [0.5, 0.6) is 17.2 Å². The summed E-state index contributed by atoms with van der Waals surface area (Å²) in [5, 5.41) is 21.6. The summed E-state index contributed by atoms with van der Waals surface area (Å²) in [6.07, 6.45) is 0. The zero-order valence-electron chi connectivity index (χ0n) is 19.0. The molecule has 1 saturated heterocycles. The first-order valence-electron chi connectivity index (χ1n) is 10.5. The Hall–Kier alpha value is -3.68. The topological polar surface area (TPSA) is 96.3 Å². The predicted octanol–water partition coefficient (Wildman–Crippen LogP) is 5.65. The first-order chi connectivity index (χ1) is 16.7. The summed E-state index contributed by atoms with van der Waals surface area (Å²) >= 11 is 12.7. The lowest BCUT2D eigenvalue weighted by Gasteiger charge is -2.26. The molecule has 1 atom stereocenters. The van der Waals surface area contributed by atoms with E-state index in [1.165, 1.54) is 37.3 Å². The number of hydrogen-bond donors (Lipinski definition) is 2. The van der Waals surface area contributed by atoms with Crippen LogP contribution in [0.15, 0.2) is 60.2 Å². The monoisotopic (exact) mass is 513 g/mol. The van der Waals surface area contributed by atoms with Crippen molar-refractivity contribution >= 4 is 46.3 Å². The van der Waals surface area contributed by atoms with Crippen molar-refractivity contribution in [1.29, 1.82) is 0 Å². The minimum absolute atomic E-state index is 0.00859. The number of benzene rings is 3. The van der Waals surface area contributed by atoms with Crippen LogP contribution in [0.4, 0.5) is 5.69 Å². The highest BCUT2D eigenvalue weighted by Crippen LogP contribution is 2.48. The lowest BCUT2D eigenvalue weighted by molar-refractivity contribution is -0.132. The Kier molecular flexibility index (Phi) is 6.65. The van der Waals surface area contributed by atoms with E-state index < -0.39 is 23.5 Å². The lowest BCUT2D eigenvalue weighted by atomic mass is 9.94. The highest BCUT2D eigenvalue weighted by molar-refractivity contribution is 6.52. The Labute approximate surface area is 211 Å². The normalized spacial score (nSPS) is 17.1. The number of Topliss-reactive ketones (excluding diaryl/α,β-unsaturated/α-hetero) is 1. The van der Waals surface area contributed by atoms with Crippen LogP contribution in [0.3, 0.4) is 0 Å². The zero-order chi connectivity index (χ0) is 25.4. The predicted molar refractivity (Wildman–Crippen MR) is 134 cm³/mol. The number of rotatable bonds is 5. The largest absolute Gasteiger partial charge is 0.508 e. The van der Waals surface area contributed by atoms with E-state index in [9.17, 15) is 19.8 Å². The number of aliphatic hydroxyl groups excluding tert-OH is 1. The molecule has 0 spiro atoms. The van der Waals surface area contributed by atoms with Crippen LogP contribution in [0.2, 0.25) is 10.0 Å². The van der Waals surface area contributed by atoms with Gasteiger partial charge in [-0.3, -0.25) is 14.5 Å². The summed E-state index contributed by atoms with van der Waals surface area (Å²) in [7, 11) is 2.71. The molecule has 35 heavy (non-hydrogen) atoms. The van der Waals surface area contributed by atoms with Gasteiger partial charge in [-0.05, 0) is 42.8 Å². The van der Waals surface area contributed by atoms with E-state index in [4.69, 9.17) is 32.7 Å². The number of aliphatic hydroxyl groups is 1. The van der Waals surface area contributed by atoms with Crippen LogP contribution in [0, 0.1) is 6.92 Å². The molecule has 180 valence electrons. The van der Waals surface area contributed by atoms with Crippen molar-refractivity contribution in [2.45, 2.75) is 13.0 Å². The minimum atomic E-state index is -1.05. The number of amides is 1. The maximum atomic E-state index is 13.3. The lowest BCUT2D eigenvalue weighted by Crippen LogP contribution is -2.29. The highest BCUT2D eigenvalue weighted by Gasteiger charge is 2.47. The van der Waals surface area contributed by atoms with Crippen molar-refractivity contribution in [1.82, 2.24) is 0 Å². The second-order valence-corrected chi connectivity index (χ2v) is 8.67. The molecule has 3 aromatic rings. The number of methoxy groups -OCH3 is 2. The fraction of sp³-hybridized carbons (Fsp3) is 0.154. The van der Waals surface area contributed by atoms with Gasteiger partial charge in [-0.25, -0.2) is 0 Å². The number of phenolic OH excluding ortho intramolecular Hbond substituents is 1. The SMILES string of the molecule is COc1c(Cl)cc(/C(O)=C2\C(=O)C(=O)N(c3ccc(C)cc3)C2c2cccc(O)c2)c(OC)c1Cl. The second-order valence-electron chi connectivity index (χ2n) is 7.89. The van der Waals surface area contributed by atoms with Crippen molar-refractivity contribution in [3.63, 3.8) is 0 Å².